The Balaban J connectivity index is 3.36. The molecule has 0 fully saturated rings. The van der Waals surface area contributed by atoms with Gasteiger partial charge in [-0.1, -0.05) is 0 Å². The maximum atomic E-state index is 11.6. The van der Waals surface area contributed by atoms with Crippen LogP contribution < -0.4 is 0 Å². The van der Waals surface area contributed by atoms with E-state index in [1.54, 1.807) is 6.92 Å². The van der Waals surface area contributed by atoms with Crippen molar-refractivity contribution >= 4 is 23.5 Å². The standard InChI is InChI=1S/C7H13F3O3S2/c1-5(11)2-14-4-15-3-6(12)13-7(8,9)10/h5-6,11-12H,2-4H2,1H3. The van der Waals surface area contributed by atoms with Crippen molar-refractivity contribution in [3.63, 3.8) is 0 Å². The van der Waals surface area contributed by atoms with Crippen molar-refractivity contribution in [1.82, 2.24) is 0 Å². The van der Waals surface area contributed by atoms with Crippen molar-refractivity contribution in [2.75, 3.05) is 16.6 Å². The molecule has 2 N–H and O–H groups in total. The van der Waals surface area contributed by atoms with Gasteiger partial charge in [0.1, 0.15) is 0 Å². The predicted molar refractivity (Wildman–Crippen MR) is 54.6 cm³/mol. The Kier molecular flexibility index (Phi) is 7.80. The molecule has 0 bridgehead atoms. The van der Waals surface area contributed by atoms with Gasteiger partial charge in [0.05, 0.1) is 6.10 Å². The first-order valence-electron chi connectivity index (χ1n) is 4.07. The zero-order chi connectivity index (χ0) is 11.9. The normalized spacial score (nSPS) is 16.4. The van der Waals surface area contributed by atoms with Gasteiger partial charge in [-0.3, -0.25) is 4.74 Å². The van der Waals surface area contributed by atoms with E-state index in [-0.39, 0.29) is 5.75 Å². The zero-order valence-corrected chi connectivity index (χ0v) is 9.66. The quantitative estimate of drug-likeness (QED) is 0.542. The summed E-state index contributed by atoms with van der Waals surface area (Å²) in [5, 5.41) is 18.1. The lowest BCUT2D eigenvalue weighted by atomic mass is 10.5. The van der Waals surface area contributed by atoms with Gasteiger partial charge in [-0.25, -0.2) is 0 Å². The van der Waals surface area contributed by atoms with E-state index < -0.39 is 18.8 Å². The molecule has 2 atom stereocenters. The van der Waals surface area contributed by atoms with Crippen LogP contribution >= 0.6 is 23.5 Å². The third kappa shape index (κ3) is 12.3. The lowest BCUT2D eigenvalue weighted by Gasteiger charge is -2.13. The van der Waals surface area contributed by atoms with E-state index in [1.165, 1.54) is 11.8 Å². The Morgan fingerprint density at radius 1 is 1.20 bits per heavy atom. The van der Waals surface area contributed by atoms with Gasteiger partial charge in [-0.15, -0.1) is 36.7 Å². The van der Waals surface area contributed by atoms with Crippen LogP contribution in [0.2, 0.25) is 0 Å². The number of aliphatic hydroxyl groups excluding tert-OH is 2. The number of thioether (sulfide) groups is 2. The second-order valence-corrected chi connectivity index (χ2v) is 5.15. The van der Waals surface area contributed by atoms with Crippen molar-refractivity contribution < 1.29 is 28.1 Å². The largest absolute Gasteiger partial charge is 0.524 e. The third-order valence-corrected chi connectivity index (χ3v) is 3.63. The van der Waals surface area contributed by atoms with Gasteiger partial charge in [0, 0.05) is 16.6 Å². The van der Waals surface area contributed by atoms with Crippen LogP contribution in [0.3, 0.4) is 0 Å². The second kappa shape index (κ2) is 7.61. The summed E-state index contributed by atoms with van der Waals surface area (Å²) >= 11 is 2.51. The minimum Gasteiger partial charge on any atom is -0.393 e. The molecule has 0 heterocycles. The molecule has 0 radical (unpaired) electrons. The fourth-order valence-electron chi connectivity index (χ4n) is 0.615. The van der Waals surface area contributed by atoms with E-state index in [0.717, 1.165) is 11.8 Å². The van der Waals surface area contributed by atoms with Gasteiger partial charge < -0.3 is 10.2 Å². The summed E-state index contributed by atoms with van der Waals surface area (Å²) < 4.78 is 38.0. The van der Waals surface area contributed by atoms with Crippen LogP contribution in [-0.2, 0) is 4.74 Å². The van der Waals surface area contributed by atoms with E-state index in [0.29, 0.717) is 10.8 Å². The fraction of sp³-hybridized carbons (Fsp3) is 1.00. The first-order valence-corrected chi connectivity index (χ1v) is 6.38. The molecule has 0 aromatic heterocycles. The van der Waals surface area contributed by atoms with Crippen LogP contribution in [0.1, 0.15) is 6.92 Å². The van der Waals surface area contributed by atoms with E-state index in [1.807, 2.05) is 0 Å². The third-order valence-electron chi connectivity index (χ3n) is 1.06. The zero-order valence-electron chi connectivity index (χ0n) is 8.03. The van der Waals surface area contributed by atoms with Gasteiger partial charge in [0.15, 0.2) is 6.29 Å². The van der Waals surface area contributed by atoms with Crippen LogP contribution in [0.4, 0.5) is 13.2 Å². The van der Waals surface area contributed by atoms with Crippen molar-refractivity contribution in [1.29, 1.82) is 0 Å². The molecule has 3 nitrogen and oxygen atoms in total. The van der Waals surface area contributed by atoms with Crippen LogP contribution in [0.25, 0.3) is 0 Å². The summed E-state index contributed by atoms with van der Waals surface area (Å²) in [4.78, 5) is 0. The number of hydrogen-bond acceptors (Lipinski definition) is 5. The topological polar surface area (TPSA) is 49.7 Å². The van der Waals surface area contributed by atoms with Crippen LogP contribution in [0, 0.1) is 0 Å². The lowest BCUT2D eigenvalue weighted by Crippen LogP contribution is -2.25. The van der Waals surface area contributed by atoms with Crippen molar-refractivity contribution in [3.05, 3.63) is 0 Å². The monoisotopic (exact) mass is 266 g/mol. The first-order chi connectivity index (χ1) is 6.81. The minimum atomic E-state index is -4.80. The Hall–Kier alpha value is 0.370. The molecule has 0 aromatic carbocycles. The molecule has 0 aliphatic rings. The van der Waals surface area contributed by atoms with Crippen molar-refractivity contribution in [3.8, 4) is 0 Å². The van der Waals surface area contributed by atoms with E-state index in [4.69, 9.17) is 10.2 Å². The molecule has 0 aromatic rings. The Bertz CT molecular complexity index is 166. The molecule has 0 saturated heterocycles. The number of rotatable bonds is 7. The molecule has 0 saturated carbocycles. The number of alkyl halides is 3. The Labute approximate surface area is 94.4 Å². The van der Waals surface area contributed by atoms with Crippen molar-refractivity contribution in [2.45, 2.75) is 25.7 Å². The van der Waals surface area contributed by atoms with Gasteiger partial charge in [0.2, 0.25) is 0 Å². The summed E-state index contributed by atoms with van der Waals surface area (Å²) in [5.74, 6) is 0.371. The highest BCUT2D eigenvalue weighted by Crippen LogP contribution is 2.21. The average Bonchev–Trinajstić information content (AvgIpc) is 1.99. The summed E-state index contributed by atoms with van der Waals surface area (Å²) in [7, 11) is 0. The van der Waals surface area contributed by atoms with Gasteiger partial charge in [-0.05, 0) is 6.92 Å². The number of aliphatic hydroxyl groups is 2. The molecule has 0 aliphatic heterocycles. The van der Waals surface area contributed by atoms with Gasteiger partial charge >= 0.3 is 6.36 Å². The predicted octanol–water partition coefficient (Wildman–Crippen LogP) is 1.65. The molecule has 92 valence electrons. The molecular weight excluding hydrogens is 253 g/mol. The maximum Gasteiger partial charge on any atom is 0.524 e. The number of hydrogen-bond donors (Lipinski definition) is 2. The van der Waals surface area contributed by atoms with Crippen LogP contribution in [0.5, 0.6) is 0 Å². The molecule has 8 heteroatoms. The average molecular weight is 266 g/mol. The summed E-state index contributed by atoms with van der Waals surface area (Å²) in [6.45, 7) is 1.62. The van der Waals surface area contributed by atoms with E-state index in [2.05, 4.69) is 4.74 Å². The molecule has 15 heavy (non-hydrogen) atoms. The highest BCUT2D eigenvalue weighted by Gasteiger charge is 2.32. The summed E-state index contributed by atoms with van der Waals surface area (Å²) in [6.07, 6.45) is -7.07. The highest BCUT2D eigenvalue weighted by molar-refractivity contribution is 8.16. The number of halogens is 3. The number of ether oxygens (including phenoxy) is 1. The molecule has 0 rings (SSSR count). The van der Waals surface area contributed by atoms with Crippen LogP contribution in [0.15, 0.2) is 0 Å². The summed E-state index contributed by atoms with van der Waals surface area (Å²) in [6, 6.07) is 0. The Morgan fingerprint density at radius 2 is 1.73 bits per heavy atom. The van der Waals surface area contributed by atoms with Gasteiger partial charge in [-0.2, -0.15) is 0 Å². The molecule has 0 aliphatic carbocycles. The van der Waals surface area contributed by atoms with E-state index in [9.17, 15) is 13.2 Å². The molecular formula is C7H13F3O3S2. The van der Waals surface area contributed by atoms with Gasteiger partial charge in [0.25, 0.3) is 0 Å². The SMILES string of the molecule is CC(O)CSCSCC(O)OC(F)(F)F. The minimum absolute atomic E-state index is 0.147. The smallest absolute Gasteiger partial charge is 0.393 e. The lowest BCUT2D eigenvalue weighted by molar-refractivity contribution is -0.367. The highest BCUT2D eigenvalue weighted by atomic mass is 32.2. The fourth-order valence-corrected chi connectivity index (χ4v) is 2.47. The van der Waals surface area contributed by atoms with E-state index >= 15 is 0 Å². The molecule has 0 amide bonds. The maximum absolute atomic E-state index is 11.6. The molecule has 2 unspecified atom stereocenters. The molecule has 0 spiro atoms. The second-order valence-electron chi connectivity index (χ2n) is 2.73. The first kappa shape index (κ1) is 15.4. The van der Waals surface area contributed by atoms with Crippen molar-refractivity contribution in [2.24, 2.45) is 0 Å². The Morgan fingerprint density at radius 3 is 2.20 bits per heavy atom. The van der Waals surface area contributed by atoms with Crippen LogP contribution in [-0.4, -0.2) is 45.6 Å². The summed E-state index contributed by atoms with van der Waals surface area (Å²) in [5.41, 5.74) is 0.